The molecule has 0 fully saturated rings. The van der Waals surface area contributed by atoms with Crippen molar-refractivity contribution in [3.63, 3.8) is 0 Å². The topological polar surface area (TPSA) is 31.4 Å². The number of nitrogens with zero attached hydrogens (tertiary/aromatic N) is 1. The molecule has 128 valence electrons. The van der Waals surface area contributed by atoms with Crippen LogP contribution in [0.15, 0.2) is 54.6 Å². The van der Waals surface area contributed by atoms with Gasteiger partial charge in [0.2, 0.25) is 0 Å². The van der Waals surface area contributed by atoms with E-state index in [0.717, 1.165) is 22.2 Å². The molecule has 3 nitrogen and oxygen atoms in total. The van der Waals surface area contributed by atoms with Crippen LogP contribution in [-0.4, -0.2) is 18.2 Å². The number of hydrogen-bond acceptors (Lipinski definition) is 3. The Kier molecular flexibility index (Phi) is 5.23. The summed E-state index contributed by atoms with van der Waals surface area (Å²) in [4.78, 5) is 4.56. The normalized spacial score (nSPS) is 11.4. The molecule has 0 saturated carbocycles. The van der Waals surface area contributed by atoms with Gasteiger partial charge in [0.1, 0.15) is 0 Å². The van der Waals surface area contributed by atoms with Crippen LogP contribution >= 0.6 is 0 Å². The van der Waals surface area contributed by atoms with Crippen molar-refractivity contribution < 1.29 is 18.3 Å². The van der Waals surface area contributed by atoms with Crippen LogP contribution in [0.5, 0.6) is 11.5 Å². The summed E-state index contributed by atoms with van der Waals surface area (Å²) in [6.45, 7) is -0.741. The van der Waals surface area contributed by atoms with Gasteiger partial charge in [0, 0.05) is 5.39 Å². The molecule has 0 aliphatic rings. The van der Waals surface area contributed by atoms with Crippen LogP contribution in [0, 0.1) is 0 Å². The van der Waals surface area contributed by atoms with E-state index in [-0.39, 0.29) is 11.5 Å². The molecule has 0 amide bonds. The summed E-state index contributed by atoms with van der Waals surface area (Å²) >= 11 is 0. The maximum Gasteiger partial charge on any atom is 0.387 e. The quantitative estimate of drug-likeness (QED) is 0.601. The van der Waals surface area contributed by atoms with E-state index in [2.05, 4.69) is 9.72 Å². The Bertz CT molecular complexity index is 894. The molecule has 0 bridgehead atoms. The Morgan fingerprint density at radius 3 is 2.64 bits per heavy atom. The van der Waals surface area contributed by atoms with Crippen molar-refractivity contribution in [1.82, 2.24) is 4.98 Å². The van der Waals surface area contributed by atoms with Crippen LogP contribution in [-0.2, 0) is 0 Å². The lowest BCUT2D eigenvalue weighted by molar-refractivity contribution is -0.0514. The summed E-state index contributed by atoms with van der Waals surface area (Å²) in [5, 5.41) is 1.08. The average Bonchev–Trinajstić information content (AvgIpc) is 2.61. The number of alkyl halides is 2. The zero-order chi connectivity index (χ0) is 17.6. The molecule has 3 aromatic rings. The van der Waals surface area contributed by atoms with Gasteiger partial charge in [0.15, 0.2) is 11.5 Å². The number of para-hydroxylation sites is 1. The second-order valence-corrected chi connectivity index (χ2v) is 5.28. The third kappa shape index (κ3) is 4.32. The molecule has 0 aliphatic heterocycles. The smallest absolute Gasteiger partial charge is 0.387 e. The van der Waals surface area contributed by atoms with E-state index in [0.29, 0.717) is 6.61 Å². The van der Waals surface area contributed by atoms with Crippen molar-refractivity contribution in [2.75, 3.05) is 6.61 Å². The Morgan fingerprint density at radius 2 is 1.84 bits per heavy atom. The van der Waals surface area contributed by atoms with Crippen LogP contribution in [0.25, 0.3) is 23.1 Å². The number of rotatable bonds is 6. The van der Waals surface area contributed by atoms with Crippen LogP contribution in [0.3, 0.4) is 0 Å². The van der Waals surface area contributed by atoms with Crippen LogP contribution in [0.4, 0.5) is 8.78 Å². The predicted molar refractivity (Wildman–Crippen MR) is 94.9 cm³/mol. The van der Waals surface area contributed by atoms with Crippen molar-refractivity contribution in [3.05, 3.63) is 65.9 Å². The third-order valence-electron chi connectivity index (χ3n) is 3.55. The summed E-state index contributed by atoms with van der Waals surface area (Å²) in [5.41, 5.74) is 2.53. The molecular weight excluding hydrogens is 324 g/mol. The standard InChI is InChI=1S/C20H17F2NO2/c1-2-24-19-13-14(8-12-18(19)25-20(21)22)7-10-16-11-9-15-5-3-4-6-17(15)23-16/h3-13,20H,2H2,1H3. The largest absolute Gasteiger partial charge is 0.490 e. The highest BCUT2D eigenvalue weighted by molar-refractivity contribution is 5.80. The fourth-order valence-electron chi connectivity index (χ4n) is 2.45. The van der Waals surface area contributed by atoms with E-state index in [1.54, 1.807) is 19.1 Å². The van der Waals surface area contributed by atoms with E-state index in [9.17, 15) is 8.78 Å². The van der Waals surface area contributed by atoms with Crippen molar-refractivity contribution in [1.29, 1.82) is 0 Å². The molecule has 25 heavy (non-hydrogen) atoms. The number of halogens is 2. The second-order valence-electron chi connectivity index (χ2n) is 5.28. The van der Waals surface area contributed by atoms with Gasteiger partial charge in [-0.05, 0) is 42.8 Å². The summed E-state index contributed by atoms with van der Waals surface area (Å²) in [7, 11) is 0. The van der Waals surface area contributed by atoms with Crippen LogP contribution < -0.4 is 9.47 Å². The molecule has 0 aliphatic carbocycles. The highest BCUT2D eigenvalue weighted by Gasteiger charge is 2.10. The first-order chi connectivity index (χ1) is 12.2. The molecule has 1 heterocycles. The fourth-order valence-corrected chi connectivity index (χ4v) is 2.45. The SMILES string of the molecule is CCOc1cc(C=Cc2ccc3ccccc3n2)ccc1OC(F)F. The lowest BCUT2D eigenvalue weighted by Gasteiger charge is -2.11. The first-order valence-corrected chi connectivity index (χ1v) is 7.91. The number of hydrogen-bond donors (Lipinski definition) is 0. The van der Waals surface area contributed by atoms with E-state index in [4.69, 9.17) is 4.74 Å². The van der Waals surface area contributed by atoms with Gasteiger partial charge in [-0.1, -0.05) is 36.4 Å². The molecule has 0 saturated heterocycles. The Hall–Kier alpha value is -2.95. The van der Waals surface area contributed by atoms with Gasteiger partial charge in [0.25, 0.3) is 0 Å². The van der Waals surface area contributed by atoms with Gasteiger partial charge in [-0.15, -0.1) is 0 Å². The lowest BCUT2D eigenvalue weighted by Crippen LogP contribution is -2.04. The zero-order valence-electron chi connectivity index (χ0n) is 13.7. The molecule has 0 radical (unpaired) electrons. The minimum atomic E-state index is -2.89. The molecular formula is C20H17F2NO2. The van der Waals surface area contributed by atoms with Gasteiger partial charge in [0.05, 0.1) is 17.8 Å². The minimum absolute atomic E-state index is 0.0258. The van der Waals surface area contributed by atoms with Gasteiger partial charge in [-0.25, -0.2) is 4.98 Å². The van der Waals surface area contributed by atoms with Crippen molar-refractivity contribution in [2.24, 2.45) is 0 Å². The lowest BCUT2D eigenvalue weighted by atomic mass is 10.1. The maximum atomic E-state index is 12.4. The number of pyridine rings is 1. The molecule has 5 heteroatoms. The number of ether oxygens (including phenoxy) is 2. The summed E-state index contributed by atoms with van der Waals surface area (Å²) < 4.78 is 34.7. The van der Waals surface area contributed by atoms with Gasteiger partial charge >= 0.3 is 6.61 Å². The van der Waals surface area contributed by atoms with Crippen LogP contribution in [0.1, 0.15) is 18.2 Å². The Morgan fingerprint density at radius 1 is 1.00 bits per heavy atom. The van der Waals surface area contributed by atoms with E-state index in [1.807, 2.05) is 48.6 Å². The number of fused-ring (bicyclic) bond motifs is 1. The van der Waals surface area contributed by atoms with Crippen molar-refractivity contribution >= 4 is 23.1 Å². The monoisotopic (exact) mass is 341 g/mol. The highest BCUT2D eigenvalue weighted by Crippen LogP contribution is 2.30. The minimum Gasteiger partial charge on any atom is -0.490 e. The summed E-state index contributed by atoms with van der Waals surface area (Å²) in [6.07, 6.45) is 3.72. The summed E-state index contributed by atoms with van der Waals surface area (Å²) in [5.74, 6) is 0.314. The zero-order valence-corrected chi connectivity index (χ0v) is 13.7. The molecule has 0 unspecified atom stereocenters. The van der Waals surface area contributed by atoms with Gasteiger partial charge in [-0.2, -0.15) is 8.78 Å². The first kappa shape index (κ1) is 16.9. The van der Waals surface area contributed by atoms with Gasteiger partial charge < -0.3 is 9.47 Å². The van der Waals surface area contributed by atoms with Crippen molar-refractivity contribution in [3.8, 4) is 11.5 Å². The Balaban J connectivity index is 1.85. The fraction of sp³-hybridized carbons (Fsp3) is 0.150. The Labute approximate surface area is 144 Å². The second kappa shape index (κ2) is 7.75. The maximum absolute atomic E-state index is 12.4. The molecule has 3 rings (SSSR count). The first-order valence-electron chi connectivity index (χ1n) is 7.91. The molecule has 0 N–H and O–H groups in total. The van der Waals surface area contributed by atoms with Gasteiger partial charge in [-0.3, -0.25) is 0 Å². The van der Waals surface area contributed by atoms with E-state index >= 15 is 0 Å². The number of benzene rings is 2. The highest BCUT2D eigenvalue weighted by atomic mass is 19.3. The van der Waals surface area contributed by atoms with E-state index < -0.39 is 6.61 Å². The molecule has 1 aromatic heterocycles. The molecule has 0 spiro atoms. The summed E-state index contributed by atoms with van der Waals surface area (Å²) in [6, 6.07) is 16.6. The van der Waals surface area contributed by atoms with Crippen molar-refractivity contribution in [2.45, 2.75) is 13.5 Å². The molecule has 2 aromatic carbocycles. The average molecular weight is 341 g/mol. The third-order valence-corrected chi connectivity index (χ3v) is 3.55. The predicted octanol–water partition coefficient (Wildman–Crippen LogP) is 5.41. The van der Waals surface area contributed by atoms with E-state index in [1.165, 1.54) is 6.07 Å². The van der Waals surface area contributed by atoms with Crippen LogP contribution in [0.2, 0.25) is 0 Å². The number of aromatic nitrogens is 1. The molecule has 0 atom stereocenters.